The number of aromatic nitrogens is 2. The molecule has 11 nitrogen and oxygen atoms in total. The number of benzene rings is 2. The van der Waals surface area contributed by atoms with E-state index in [1.165, 1.54) is 30.3 Å². The molecule has 0 aliphatic rings. The topological polar surface area (TPSA) is 173 Å². The molecule has 2 aromatic carbocycles. The van der Waals surface area contributed by atoms with E-state index in [1.807, 2.05) is 18.2 Å². The maximum atomic E-state index is 11.5. The summed E-state index contributed by atoms with van der Waals surface area (Å²) >= 11 is 0. The molecule has 36 heavy (non-hydrogen) atoms. The van der Waals surface area contributed by atoms with Crippen molar-refractivity contribution in [3.8, 4) is 17.1 Å². The van der Waals surface area contributed by atoms with E-state index in [1.54, 1.807) is 29.8 Å². The average molecular weight is 489 g/mol. The number of carboxylic acid groups (broad SMARTS) is 3. The first-order valence-electron chi connectivity index (χ1n) is 10.3. The lowest BCUT2D eigenvalue weighted by molar-refractivity contribution is -0.385. The third-order valence-electron chi connectivity index (χ3n) is 4.93. The molecule has 0 radical (unpaired) electrons. The first-order valence-corrected chi connectivity index (χ1v) is 10.3. The minimum atomic E-state index is -1.12. The number of hydrogen-bond donors (Lipinski definition) is 3. The van der Waals surface area contributed by atoms with Gasteiger partial charge >= 0.3 is 17.9 Å². The molecule has 182 valence electrons. The summed E-state index contributed by atoms with van der Waals surface area (Å²) in [5.41, 5.74) is 1.82. The van der Waals surface area contributed by atoms with Gasteiger partial charge in [0.2, 0.25) is 0 Å². The molecule has 0 aliphatic heterocycles. The number of rotatable bonds is 6. The maximum absolute atomic E-state index is 11.5. The van der Waals surface area contributed by atoms with Crippen LogP contribution < -0.4 is 0 Å². The fourth-order valence-corrected chi connectivity index (χ4v) is 3.35. The van der Waals surface area contributed by atoms with Gasteiger partial charge in [-0.3, -0.25) is 10.1 Å². The van der Waals surface area contributed by atoms with Crippen LogP contribution >= 0.6 is 0 Å². The number of aryl methyl sites for hydroxylation is 1. The van der Waals surface area contributed by atoms with Crippen LogP contribution in [0.15, 0.2) is 79.1 Å². The molecule has 4 rings (SSSR count). The van der Waals surface area contributed by atoms with E-state index in [-0.39, 0.29) is 22.4 Å². The molecule has 11 heteroatoms. The zero-order valence-electron chi connectivity index (χ0n) is 18.7. The molecular weight excluding hydrogens is 470 g/mol. The maximum Gasteiger partial charge on any atom is 0.337 e. The van der Waals surface area contributed by atoms with Gasteiger partial charge in [0, 0.05) is 12.3 Å². The first kappa shape index (κ1) is 25.3. The Bertz CT molecular complexity index is 1410. The fraction of sp³-hybridized carbons (Fsp3) is 0.0400. The van der Waals surface area contributed by atoms with Crippen LogP contribution in [0.1, 0.15) is 36.6 Å². The monoisotopic (exact) mass is 489 g/mol. The van der Waals surface area contributed by atoms with Crippen LogP contribution in [0, 0.1) is 17.0 Å². The Morgan fingerprint density at radius 1 is 0.861 bits per heavy atom. The van der Waals surface area contributed by atoms with Crippen molar-refractivity contribution in [3.63, 3.8) is 0 Å². The number of hydrogen-bond acceptors (Lipinski definition) is 6. The second-order valence-electron chi connectivity index (χ2n) is 7.45. The zero-order chi connectivity index (χ0) is 26.4. The van der Waals surface area contributed by atoms with Crippen LogP contribution in [0.5, 0.6) is 0 Å². The molecule has 0 unspecified atom stereocenters. The zero-order valence-corrected chi connectivity index (χ0v) is 18.7. The summed E-state index contributed by atoms with van der Waals surface area (Å²) < 4.78 is 1.60. The Hall–Kier alpha value is -5.32. The summed E-state index contributed by atoms with van der Waals surface area (Å²) in [6.07, 6.45) is 2.73. The Balaban J connectivity index is 0.000000236. The van der Waals surface area contributed by atoms with Crippen LogP contribution in [-0.2, 0) is 0 Å². The van der Waals surface area contributed by atoms with E-state index in [9.17, 15) is 29.6 Å². The van der Waals surface area contributed by atoms with E-state index in [2.05, 4.69) is 4.98 Å². The molecule has 2 aromatic heterocycles. The Labute approximate surface area is 203 Å². The molecule has 0 saturated heterocycles. The highest BCUT2D eigenvalue weighted by atomic mass is 16.6. The van der Waals surface area contributed by atoms with Gasteiger partial charge in [-0.2, -0.15) is 0 Å². The molecule has 0 bridgehead atoms. The summed E-state index contributed by atoms with van der Waals surface area (Å²) in [5.74, 6) is -2.89. The van der Waals surface area contributed by atoms with Gasteiger partial charge in [0.25, 0.3) is 5.69 Å². The van der Waals surface area contributed by atoms with Crippen LogP contribution in [0.2, 0.25) is 0 Å². The van der Waals surface area contributed by atoms with Gasteiger partial charge in [-0.1, -0.05) is 30.3 Å². The van der Waals surface area contributed by atoms with Crippen molar-refractivity contribution in [2.45, 2.75) is 6.92 Å². The number of carbonyl (C=O) groups is 3. The molecule has 0 atom stereocenters. The lowest BCUT2D eigenvalue weighted by Gasteiger charge is -2.09. The summed E-state index contributed by atoms with van der Waals surface area (Å²) in [5, 5.41) is 37.3. The van der Waals surface area contributed by atoms with E-state index < -0.39 is 22.8 Å². The summed E-state index contributed by atoms with van der Waals surface area (Å²) in [7, 11) is 0. The minimum Gasteiger partial charge on any atom is -0.478 e. The van der Waals surface area contributed by atoms with E-state index in [0.29, 0.717) is 17.1 Å². The van der Waals surface area contributed by atoms with Crippen molar-refractivity contribution < 1.29 is 34.6 Å². The minimum absolute atomic E-state index is 0.00241. The molecular formula is C25H19N3O8. The number of carboxylic acids is 3. The molecule has 0 saturated carbocycles. The normalized spacial score (nSPS) is 10.1. The molecule has 0 aliphatic carbocycles. The van der Waals surface area contributed by atoms with Gasteiger partial charge in [0.05, 0.1) is 27.3 Å². The van der Waals surface area contributed by atoms with Gasteiger partial charge in [-0.05, 0) is 48.4 Å². The number of aromatic carboxylic acids is 3. The van der Waals surface area contributed by atoms with Crippen molar-refractivity contribution in [3.05, 3.63) is 111 Å². The Morgan fingerprint density at radius 2 is 1.47 bits per heavy atom. The number of nitrogens with zero attached hydrogens (tertiary/aromatic N) is 3. The van der Waals surface area contributed by atoms with Crippen molar-refractivity contribution >= 4 is 23.6 Å². The quantitative estimate of drug-likeness (QED) is 0.259. The predicted octanol–water partition coefficient (Wildman–Crippen LogP) is 4.54. The van der Waals surface area contributed by atoms with Crippen molar-refractivity contribution in [1.29, 1.82) is 0 Å². The van der Waals surface area contributed by atoms with Crippen molar-refractivity contribution in [2.24, 2.45) is 0 Å². The van der Waals surface area contributed by atoms with Crippen LogP contribution in [0.4, 0.5) is 5.69 Å². The third-order valence-corrected chi connectivity index (χ3v) is 4.93. The lowest BCUT2D eigenvalue weighted by atomic mass is 10.1. The summed E-state index contributed by atoms with van der Waals surface area (Å²) in [4.78, 5) is 46.8. The molecule has 4 aromatic rings. The highest BCUT2D eigenvalue weighted by molar-refractivity contribution is 5.96. The largest absolute Gasteiger partial charge is 0.478 e. The molecule has 0 fully saturated rings. The molecule has 0 amide bonds. The van der Waals surface area contributed by atoms with Crippen LogP contribution in [0.25, 0.3) is 17.1 Å². The average Bonchev–Trinajstić information content (AvgIpc) is 3.30. The van der Waals surface area contributed by atoms with Gasteiger partial charge in [-0.25, -0.2) is 19.4 Å². The summed E-state index contributed by atoms with van der Waals surface area (Å²) in [6.45, 7) is 1.65. The van der Waals surface area contributed by atoms with E-state index >= 15 is 0 Å². The molecule has 2 heterocycles. The van der Waals surface area contributed by atoms with E-state index in [0.717, 1.165) is 17.8 Å². The number of pyridine rings is 1. The van der Waals surface area contributed by atoms with Crippen LogP contribution in [0.3, 0.4) is 0 Å². The standard InChI is InChI=1S/C16H11N3O4.C9H8O4/c20-16(21)13-8-9-18(15(13)11-4-2-1-3-5-11)14-7-6-12(10-17-14)19(22)23;1-5-2-6(8(10)11)4-7(3-5)9(12)13/h1-10H,(H,20,21);2-4H,1H3,(H,10,11)(H,12,13). The predicted molar refractivity (Wildman–Crippen MR) is 128 cm³/mol. The van der Waals surface area contributed by atoms with Gasteiger partial charge in [0.1, 0.15) is 12.0 Å². The Morgan fingerprint density at radius 3 is 1.94 bits per heavy atom. The first-order chi connectivity index (χ1) is 17.1. The third kappa shape index (κ3) is 5.78. The Kier molecular flexibility index (Phi) is 7.55. The van der Waals surface area contributed by atoms with Gasteiger partial charge < -0.3 is 19.9 Å². The molecule has 3 N–H and O–H groups in total. The van der Waals surface area contributed by atoms with Crippen LogP contribution in [-0.4, -0.2) is 47.7 Å². The SMILES string of the molecule is Cc1cc(C(=O)O)cc(C(=O)O)c1.O=C(O)c1ccn(-c2ccc([N+](=O)[O-])cn2)c1-c1ccccc1. The second kappa shape index (κ2) is 10.7. The lowest BCUT2D eigenvalue weighted by Crippen LogP contribution is -2.03. The second-order valence-corrected chi connectivity index (χ2v) is 7.45. The van der Waals surface area contributed by atoms with Crippen molar-refractivity contribution in [2.75, 3.05) is 0 Å². The highest BCUT2D eigenvalue weighted by Crippen LogP contribution is 2.28. The fourth-order valence-electron chi connectivity index (χ4n) is 3.35. The van der Waals surface area contributed by atoms with Gasteiger partial charge in [0.15, 0.2) is 0 Å². The number of nitro groups is 1. The van der Waals surface area contributed by atoms with Crippen molar-refractivity contribution in [1.82, 2.24) is 9.55 Å². The van der Waals surface area contributed by atoms with E-state index in [4.69, 9.17) is 10.2 Å². The highest BCUT2D eigenvalue weighted by Gasteiger charge is 2.18. The van der Waals surface area contributed by atoms with Gasteiger partial charge in [-0.15, -0.1) is 0 Å². The smallest absolute Gasteiger partial charge is 0.337 e. The molecule has 0 spiro atoms. The summed E-state index contributed by atoms with van der Waals surface area (Å²) in [6, 6.07) is 17.3.